The highest BCUT2D eigenvalue weighted by molar-refractivity contribution is 6.10. The number of aliphatic carboxylic acids is 1. The molecule has 1 atom stereocenters. The molecular weight excluding hydrogens is 284 g/mol. The van der Waals surface area contributed by atoms with E-state index in [1.54, 1.807) is 18.2 Å². The highest BCUT2D eigenvalue weighted by Gasteiger charge is 2.37. The molecule has 0 bridgehead atoms. The fourth-order valence-corrected chi connectivity index (χ4v) is 3.05. The molecule has 0 spiro atoms. The fourth-order valence-electron chi connectivity index (χ4n) is 3.05. The average Bonchev–Trinajstić information content (AvgIpc) is 3.08. The Balaban J connectivity index is 1.77. The highest BCUT2D eigenvalue weighted by atomic mass is 16.4. The quantitative estimate of drug-likeness (QED) is 0.909. The Bertz CT molecular complexity index is 647. The fraction of sp³-hybridized carbons (Fsp3) is 0.312. The SMILES string of the molecule is C=C1c2ccccc2C(=O)N1CC(=O)N1CCCC1C(=O)O. The number of nitrogens with zero attached hydrogens (tertiary/aromatic N) is 2. The number of carboxylic acid groups (broad SMARTS) is 1. The number of carbonyl (C=O) groups excluding carboxylic acids is 2. The summed E-state index contributed by atoms with van der Waals surface area (Å²) in [5.41, 5.74) is 1.73. The predicted octanol–water partition coefficient (Wildman–Crippen LogP) is 1.19. The molecular formula is C16H16N2O4. The van der Waals surface area contributed by atoms with Crippen molar-refractivity contribution in [1.29, 1.82) is 0 Å². The molecule has 22 heavy (non-hydrogen) atoms. The number of amides is 2. The maximum atomic E-state index is 12.4. The van der Waals surface area contributed by atoms with Crippen LogP contribution in [0.1, 0.15) is 28.8 Å². The van der Waals surface area contributed by atoms with Gasteiger partial charge >= 0.3 is 5.97 Å². The van der Waals surface area contributed by atoms with Crippen LogP contribution in [0.4, 0.5) is 0 Å². The molecule has 2 aliphatic rings. The van der Waals surface area contributed by atoms with E-state index in [2.05, 4.69) is 6.58 Å². The number of likely N-dealkylation sites (tertiary alicyclic amines) is 1. The van der Waals surface area contributed by atoms with Crippen molar-refractivity contribution in [2.45, 2.75) is 18.9 Å². The summed E-state index contributed by atoms with van der Waals surface area (Å²) in [4.78, 5) is 38.6. The molecule has 2 aliphatic heterocycles. The van der Waals surface area contributed by atoms with Gasteiger partial charge in [0, 0.05) is 23.4 Å². The van der Waals surface area contributed by atoms with Crippen LogP contribution in [-0.2, 0) is 9.59 Å². The van der Waals surface area contributed by atoms with Crippen LogP contribution in [0.3, 0.4) is 0 Å². The van der Waals surface area contributed by atoms with Crippen molar-refractivity contribution < 1.29 is 19.5 Å². The Kier molecular flexibility index (Phi) is 3.44. The summed E-state index contributed by atoms with van der Waals surface area (Å²) in [6, 6.07) is 6.26. The molecule has 1 aromatic rings. The summed E-state index contributed by atoms with van der Waals surface area (Å²) < 4.78 is 0. The molecule has 1 saturated heterocycles. The lowest BCUT2D eigenvalue weighted by Gasteiger charge is -2.25. The first kappa shape index (κ1) is 14.3. The second-order valence-corrected chi connectivity index (χ2v) is 5.47. The third-order valence-electron chi connectivity index (χ3n) is 4.19. The number of carbonyl (C=O) groups is 3. The summed E-state index contributed by atoms with van der Waals surface area (Å²) in [5.74, 6) is -1.62. The molecule has 0 saturated carbocycles. The van der Waals surface area contributed by atoms with E-state index < -0.39 is 12.0 Å². The van der Waals surface area contributed by atoms with E-state index in [4.69, 9.17) is 5.11 Å². The summed E-state index contributed by atoms with van der Waals surface area (Å²) >= 11 is 0. The lowest BCUT2D eigenvalue weighted by molar-refractivity contribution is -0.148. The van der Waals surface area contributed by atoms with E-state index in [0.29, 0.717) is 30.6 Å². The van der Waals surface area contributed by atoms with E-state index >= 15 is 0 Å². The summed E-state index contributed by atoms with van der Waals surface area (Å²) in [5, 5.41) is 9.15. The summed E-state index contributed by atoms with van der Waals surface area (Å²) in [6.45, 7) is 4.12. The molecule has 6 nitrogen and oxygen atoms in total. The highest BCUT2D eigenvalue weighted by Crippen LogP contribution is 2.31. The standard InChI is InChI=1S/C16H16N2O4/c1-10-11-5-2-3-6-12(11)15(20)18(10)9-14(19)17-8-4-7-13(17)16(21)22/h2-3,5-6,13H,1,4,7-9H2,(H,21,22). The first-order chi connectivity index (χ1) is 10.5. The second kappa shape index (κ2) is 5.29. The van der Waals surface area contributed by atoms with E-state index in [-0.39, 0.29) is 18.4 Å². The van der Waals surface area contributed by atoms with Crippen molar-refractivity contribution in [3.05, 3.63) is 42.0 Å². The molecule has 0 aromatic heterocycles. The maximum Gasteiger partial charge on any atom is 0.326 e. The van der Waals surface area contributed by atoms with Crippen molar-refractivity contribution in [3.63, 3.8) is 0 Å². The molecule has 2 amide bonds. The van der Waals surface area contributed by atoms with Crippen LogP contribution in [-0.4, -0.2) is 51.8 Å². The van der Waals surface area contributed by atoms with Crippen LogP contribution in [0.2, 0.25) is 0 Å². The third kappa shape index (κ3) is 2.16. The van der Waals surface area contributed by atoms with Crippen LogP contribution in [0.25, 0.3) is 5.70 Å². The number of hydrogen-bond acceptors (Lipinski definition) is 3. The van der Waals surface area contributed by atoms with Crippen LogP contribution in [0, 0.1) is 0 Å². The Hall–Kier alpha value is -2.63. The van der Waals surface area contributed by atoms with Crippen molar-refractivity contribution in [3.8, 4) is 0 Å². The number of benzene rings is 1. The van der Waals surface area contributed by atoms with Gasteiger partial charge in [-0.3, -0.25) is 14.5 Å². The van der Waals surface area contributed by atoms with E-state index in [1.165, 1.54) is 9.80 Å². The van der Waals surface area contributed by atoms with Crippen LogP contribution in [0.15, 0.2) is 30.8 Å². The Morgan fingerprint density at radius 1 is 1.27 bits per heavy atom. The zero-order valence-corrected chi connectivity index (χ0v) is 12.0. The molecule has 1 unspecified atom stereocenters. The maximum absolute atomic E-state index is 12.4. The van der Waals surface area contributed by atoms with Gasteiger partial charge in [0.2, 0.25) is 5.91 Å². The molecule has 1 aromatic carbocycles. The van der Waals surface area contributed by atoms with Crippen molar-refractivity contribution in [1.82, 2.24) is 9.80 Å². The number of rotatable bonds is 3. The predicted molar refractivity (Wildman–Crippen MR) is 78.9 cm³/mol. The van der Waals surface area contributed by atoms with Gasteiger partial charge in [0.05, 0.1) is 0 Å². The van der Waals surface area contributed by atoms with Crippen LogP contribution >= 0.6 is 0 Å². The monoisotopic (exact) mass is 300 g/mol. The molecule has 0 radical (unpaired) electrons. The number of hydrogen-bond donors (Lipinski definition) is 1. The largest absolute Gasteiger partial charge is 0.480 e. The Morgan fingerprint density at radius 2 is 1.95 bits per heavy atom. The topological polar surface area (TPSA) is 77.9 Å². The molecule has 3 rings (SSSR count). The Labute approximate surface area is 127 Å². The first-order valence-electron chi connectivity index (χ1n) is 7.13. The van der Waals surface area contributed by atoms with E-state index in [9.17, 15) is 14.4 Å². The van der Waals surface area contributed by atoms with Gasteiger partial charge in [-0.15, -0.1) is 0 Å². The molecule has 2 heterocycles. The van der Waals surface area contributed by atoms with Gasteiger partial charge in [0.1, 0.15) is 12.6 Å². The first-order valence-corrected chi connectivity index (χ1v) is 7.13. The molecule has 1 N–H and O–H groups in total. The van der Waals surface area contributed by atoms with Crippen LogP contribution < -0.4 is 0 Å². The molecule has 6 heteroatoms. The van der Waals surface area contributed by atoms with Gasteiger partial charge in [0.15, 0.2) is 0 Å². The third-order valence-corrected chi connectivity index (χ3v) is 4.19. The summed E-state index contributed by atoms with van der Waals surface area (Å²) in [6.07, 6.45) is 1.12. The van der Waals surface area contributed by atoms with Gasteiger partial charge in [-0.25, -0.2) is 4.79 Å². The number of fused-ring (bicyclic) bond motifs is 1. The van der Waals surface area contributed by atoms with Gasteiger partial charge in [-0.05, 0) is 18.9 Å². The average molecular weight is 300 g/mol. The van der Waals surface area contributed by atoms with Crippen molar-refractivity contribution in [2.75, 3.05) is 13.1 Å². The molecule has 0 aliphatic carbocycles. The zero-order valence-electron chi connectivity index (χ0n) is 12.0. The van der Waals surface area contributed by atoms with Gasteiger partial charge < -0.3 is 10.0 Å². The summed E-state index contributed by atoms with van der Waals surface area (Å²) in [7, 11) is 0. The minimum atomic E-state index is -0.999. The molecule has 1 fully saturated rings. The van der Waals surface area contributed by atoms with Crippen LogP contribution in [0.5, 0.6) is 0 Å². The van der Waals surface area contributed by atoms with Gasteiger partial charge in [-0.2, -0.15) is 0 Å². The molecule has 114 valence electrons. The minimum Gasteiger partial charge on any atom is -0.480 e. The number of carboxylic acids is 1. The van der Waals surface area contributed by atoms with E-state index in [0.717, 1.165) is 5.56 Å². The zero-order chi connectivity index (χ0) is 15.9. The lowest BCUT2D eigenvalue weighted by atomic mass is 10.1. The normalized spacial score (nSPS) is 20.5. The van der Waals surface area contributed by atoms with E-state index in [1.807, 2.05) is 6.07 Å². The lowest BCUT2D eigenvalue weighted by Crippen LogP contribution is -2.45. The van der Waals surface area contributed by atoms with Gasteiger partial charge in [-0.1, -0.05) is 24.8 Å². The minimum absolute atomic E-state index is 0.171. The Morgan fingerprint density at radius 3 is 2.59 bits per heavy atom. The smallest absolute Gasteiger partial charge is 0.326 e. The van der Waals surface area contributed by atoms with Crippen molar-refractivity contribution >= 4 is 23.5 Å². The van der Waals surface area contributed by atoms with Crippen molar-refractivity contribution in [2.24, 2.45) is 0 Å². The second-order valence-electron chi connectivity index (χ2n) is 5.47. The van der Waals surface area contributed by atoms with Gasteiger partial charge in [0.25, 0.3) is 5.91 Å².